The van der Waals surface area contributed by atoms with Gasteiger partial charge in [0.1, 0.15) is 0 Å². The molecule has 4 amide bonds. The van der Waals surface area contributed by atoms with Gasteiger partial charge >= 0.3 is 6.03 Å². The first kappa shape index (κ1) is 24.9. The average molecular weight is 498 g/mol. The fourth-order valence-electron chi connectivity index (χ4n) is 4.83. The van der Waals surface area contributed by atoms with E-state index in [1.54, 1.807) is 24.3 Å². The van der Waals surface area contributed by atoms with Gasteiger partial charge in [0.15, 0.2) is 0 Å². The summed E-state index contributed by atoms with van der Waals surface area (Å²) in [7, 11) is -4.01. The first-order chi connectivity index (χ1) is 16.6. The van der Waals surface area contributed by atoms with Crippen LogP contribution in [0, 0.1) is 0 Å². The molecule has 0 radical (unpaired) electrons. The van der Waals surface area contributed by atoms with Gasteiger partial charge in [-0.3, -0.25) is 14.5 Å². The number of hydrogen-bond acceptors (Lipinski definition) is 5. The van der Waals surface area contributed by atoms with E-state index in [0.717, 1.165) is 43.2 Å². The number of imide groups is 1. The van der Waals surface area contributed by atoms with Gasteiger partial charge in [-0.05, 0) is 62.4 Å². The smallest absolute Gasteiger partial charge is 0.328 e. The Labute approximate surface area is 206 Å². The van der Waals surface area contributed by atoms with Gasteiger partial charge in [0.25, 0.3) is 15.9 Å². The maximum Gasteiger partial charge on any atom is 0.328 e. The van der Waals surface area contributed by atoms with Crippen LogP contribution in [-0.2, 0) is 26.7 Å². The van der Waals surface area contributed by atoms with Gasteiger partial charge < -0.3 is 5.32 Å². The van der Waals surface area contributed by atoms with Crippen molar-refractivity contribution in [3.05, 3.63) is 65.2 Å². The summed E-state index contributed by atoms with van der Waals surface area (Å²) in [4.78, 5) is 39.4. The van der Waals surface area contributed by atoms with Gasteiger partial charge in [-0.1, -0.05) is 49.6 Å². The summed E-state index contributed by atoms with van der Waals surface area (Å²) in [6.07, 6.45) is 5.27. The lowest BCUT2D eigenvalue weighted by atomic mass is 9.77. The number of urea groups is 1. The minimum Gasteiger partial charge on any atom is -0.335 e. The Bertz CT molecular complexity index is 1230. The summed E-state index contributed by atoms with van der Waals surface area (Å²) in [5.41, 5.74) is 1.21. The second-order valence-electron chi connectivity index (χ2n) is 9.74. The van der Waals surface area contributed by atoms with E-state index in [0.29, 0.717) is 12.0 Å². The van der Waals surface area contributed by atoms with Gasteiger partial charge in [0.05, 0.1) is 10.3 Å². The number of sulfonamides is 1. The minimum absolute atomic E-state index is 0.00141. The molecule has 1 aliphatic heterocycles. The van der Waals surface area contributed by atoms with E-state index in [9.17, 15) is 22.8 Å². The van der Waals surface area contributed by atoms with Gasteiger partial charge in [0.2, 0.25) is 5.91 Å². The third-order valence-corrected chi connectivity index (χ3v) is 8.23. The van der Waals surface area contributed by atoms with E-state index >= 15 is 0 Å². The van der Waals surface area contributed by atoms with Crippen molar-refractivity contribution in [3.63, 3.8) is 0 Å². The number of benzene rings is 2. The zero-order chi connectivity index (χ0) is 25.2. The Morgan fingerprint density at radius 1 is 1.00 bits per heavy atom. The summed E-state index contributed by atoms with van der Waals surface area (Å²) in [5, 5.41) is 2.74. The largest absolute Gasteiger partial charge is 0.335 e. The maximum absolute atomic E-state index is 13.1. The van der Waals surface area contributed by atoms with Crippen LogP contribution in [0.2, 0.25) is 0 Å². The fraction of sp³-hybridized carbons (Fsp3) is 0.423. The van der Waals surface area contributed by atoms with E-state index in [1.165, 1.54) is 17.0 Å². The number of carbonyl (C=O) groups is 3. The van der Waals surface area contributed by atoms with Gasteiger partial charge in [-0.15, -0.1) is 0 Å². The van der Waals surface area contributed by atoms with Crippen molar-refractivity contribution in [2.75, 3.05) is 6.54 Å². The molecule has 2 aromatic carbocycles. The molecule has 2 aliphatic rings. The van der Waals surface area contributed by atoms with Crippen LogP contribution < -0.4 is 10.0 Å². The molecule has 2 aromatic rings. The Morgan fingerprint density at radius 2 is 1.66 bits per heavy atom. The number of amides is 4. The summed E-state index contributed by atoms with van der Waals surface area (Å²) >= 11 is 0. The van der Waals surface area contributed by atoms with Crippen LogP contribution in [-0.4, -0.2) is 43.7 Å². The van der Waals surface area contributed by atoms with Crippen molar-refractivity contribution in [1.82, 2.24) is 14.9 Å². The van der Waals surface area contributed by atoms with E-state index in [1.807, 2.05) is 26.0 Å². The molecule has 0 saturated heterocycles. The Hall–Kier alpha value is -3.20. The fourth-order valence-corrected chi connectivity index (χ4v) is 5.74. The molecule has 4 rings (SSSR count). The number of carbonyl (C=O) groups excluding carboxylic acids is 3. The molecule has 9 heteroatoms. The van der Waals surface area contributed by atoms with Crippen LogP contribution in [0.15, 0.2) is 53.4 Å². The summed E-state index contributed by atoms with van der Waals surface area (Å²) in [5.74, 6) is -0.578. The van der Waals surface area contributed by atoms with Crippen LogP contribution in [0.25, 0.3) is 0 Å². The molecule has 0 atom stereocenters. The predicted molar refractivity (Wildman–Crippen MR) is 131 cm³/mol. The molecule has 2 N–H and O–H groups in total. The Balaban J connectivity index is 1.39. The standard InChI is InChI=1S/C26H31N3O5S/c1-26(2)22-11-7-6-10-21(22)23(30)29(24(26)31)17-16-18-12-14-20(15-13-18)35(33,34)28-25(32)27-19-8-4-3-5-9-19/h6-7,10-15,19H,3-5,8-9,16-17H2,1-2H3,(H2,27,28,32). The normalized spacial score (nSPS) is 18.2. The molecule has 1 fully saturated rings. The zero-order valence-electron chi connectivity index (χ0n) is 20.0. The summed E-state index contributed by atoms with van der Waals surface area (Å²) in [6, 6.07) is 12.5. The molecule has 0 unspecified atom stereocenters. The molecule has 0 spiro atoms. The lowest BCUT2D eigenvalue weighted by Gasteiger charge is -2.37. The monoisotopic (exact) mass is 497 g/mol. The first-order valence-corrected chi connectivity index (χ1v) is 13.5. The highest BCUT2D eigenvalue weighted by molar-refractivity contribution is 7.90. The van der Waals surface area contributed by atoms with Crippen LogP contribution in [0.1, 0.15) is 67.4 Å². The lowest BCUT2D eigenvalue weighted by Crippen LogP contribution is -2.52. The number of fused-ring (bicyclic) bond motifs is 1. The lowest BCUT2D eigenvalue weighted by molar-refractivity contribution is -0.134. The van der Waals surface area contributed by atoms with Crippen molar-refractivity contribution in [1.29, 1.82) is 0 Å². The predicted octanol–water partition coefficient (Wildman–Crippen LogP) is 3.51. The third kappa shape index (κ3) is 5.24. The topological polar surface area (TPSA) is 113 Å². The zero-order valence-corrected chi connectivity index (χ0v) is 20.9. The molecule has 8 nitrogen and oxygen atoms in total. The molecule has 0 aromatic heterocycles. The van der Waals surface area contributed by atoms with Crippen molar-refractivity contribution in [3.8, 4) is 0 Å². The molecular formula is C26H31N3O5S. The SMILES string of the molecule is CC1(C)C(=O)N(CCc2ccc(S(=O)(=O)NC(=O)NC3CCCCC3)cc2)C(=O)c2ccccc21. The van der Waals surface area contributed by atoms with E-state index in [2.05, 4.69) is 10.0 Å². The number of nitrogens with one attached hydrogen (secondary N) is 2. The van der Waals surface area contributed by atoms with Crippen molar-refractivity contribution < 1.29 is 22.8 Å². The molecule has 35 heavy (non-hydrogen) atoms. The van der Waals surface area contributed by atoms with E-state index in [4.69, 9.17) is 0 Å². The average Bonchev–Trinajstić information content (AvgIpc) is 2.83. The molecule has 1 aliphatic carbocycles. The molecule has 0 bridgehead atoms. The second-order valence-corrected chi connectivity index (χ2v) is 11.4. The Morgan fingerprint density at radius 3 is 2.34 bits per heavy atom. The molecule has 186 valence electrons. The second kappa shape index (κ2) is 9.81. The third-order valence-electron chi connectivity index (χ3n) is 6.88. The molecule has 1 saturated carbocycles. The highest BCUT2D eigenvalue weighted by Crippen LogP contribution is 2.34. The highest BCUT2D eigenvalue weighted by atomic mass is 32.2. The van der Waals surface area contributed by atoms with Crippen molar-refractivity contribution in [2.45, 2.75) is 68.7 Å². The van der Waals surface area contributed by atoms with Crippen LogP contribution >= 0.6 is 0 Å². The molecule has 1 heterocycles. The van der Waals surface area contributed by atoms with Crippen LogP contribution in [0.5, 0.6) is 0 Å². The van der Waals surface area contributed by atoms with Crippen LogP contribution in [0.3, 0.4) is 0 Å². The van der Waals surface area contributed by atoms with E-state index < -0.39 is 21.5 Å². The summed E-state index contributed by atoms with van der Waals surface area (Å²) in [6.45, 7) is 3.80. The van der Waals surface area contributed by atoms with Gasteiger partial charge in [-0.25, -0.2) is 17.9 Å². The van der Waals surface area contributed by atoms with Crippen LogP contribution in [0.4, 0.5) is 4.79 Å². The minimum atomic E-state index is -4.01. The first-order valence-electron chi connectivity index (χ1n) is 12.0. The summed E-state index contributed by atoms with van der Waals surface area (Å²) < 4.78 is 27.3. The number of nitrogens with zero attached hydrogens (tertiary/aromatic N) is 1. The van der Waals surface area contributed by atoms with E-state index in [-0.39, 0.29) is 29.3 Å². The maximum atomic E-state index is 13.1. The van der Waals surface area contributed by atoms with Crippen molar-refractivity contribution >= 4 is 27.9 Å². The number of hydrogen-bond donors (Lipinski definition) is 2. The van der Waals surface area contributed by atoms with Gasteiger partial charge in [0, 0.05) is 18.2 Å². The van der Waals surface area contributed by atoms with Crippen molar-refractivity contribution in [2.24, 2.45) is 0 Å². The number of rotatable bonds is 6. The van der Waals surface area contributed by atoms with Gasteiger partial charge in [-0.2, -0.15) is 0 Å². The quantitative estimate of drug-likeness (QED) is 0.593. The Kier molecular flexibility index (Phi) is 6.98. The molecular weight excluding hydrogens is 466 g/mol. The highest BCUT2D eigenvalue weighted by Gasteiger charge is 2.43.